The van der Waals surface area contributed by atoms with Crippen LogP contribution in [0.15, 0.2) is 78.9 Å². The zero-order valence-electron chi connectivity index (χ0n) is 15.5. The highest BCUT2D eigenvalue weighted by Crippen LogP contribution is 2.39. The molecule has 1 heterocycles. The highest BCUT2D eigenvalue weighted by atomic mass is 16.7. The van der Waals surface area contributed by atoms with Crippen LogP contribution in [0.2, 0.25) is 0 Å². The molecule has 0 radical (unpaired) electrons. The summed E-state index contributed by atoms with van der Waals surface area (Å²) < 4.78 is 1.88. The number of aromatic nitrogens is 2. The summed E-state index contributed by atoms with van der Waals surface area (Å²) >= 11 is 0. The van der Waals surface area contributed by atoms with Crippen LogP contribution in [0, 0.1) is 0 Å². The fourth-order valence-electron chi connectivity index (χ4n) is 4.36. The summed E-state index contributed by atoms with van der Waals surface area (Å²) in [5.74, 6) is 0.848. The first-order chi connectivity index (χ1) is 13.8. The number of hydrogen-bond acceptors (Lipinski definition) is 2. The second kappa shape index (κ2) is 5.70. The van der Waals surface area contributed by atoms with E-state index in [-0.39, 0.29) is 0 Å². The molecule has 5 aromatic carbocycles. The SMILES string of the molecule is CCOn1c(-c2ccc3ccc4cccc5ccc2c3c45)nc2ccccc21. The second-order valence-electron chi connectivity index (χ2n) is 7.11. The first kappa shape index (κ1) is 15.5. The van der Waals surface area contributed by atoms with Crippen molar-refractivity contribution < 1.29 is 4.84 Å². The molecule has 0 amide bonds. The maximum absolute atomic E-state index is 5.99. The van der Waals surface area contributed by atoms with Crippen LogP contribution in [0.5, 0.6) is 0 Å². The molecule has 0 unspecified atom stereocenters. The number of imidazole rings is 1. The molecule has 0 spiro atoms. The summed E-state index contributed by atoms with van der Waals surface area (Å²) in [4.78, 5) is 10.9. The lowest BCUT2D eigenvalue weighted by molar-refractivity contribution is 0.135. The van der Waals surface area contributed by atoms with E-state index >= 15 is 0 Å². The van der Waals surface area contributed by atoms with Gasteiger partial charge in [-0.1, -0.05) is 60.7 Å². The highest BCUT2D eigenvalue weighted by Gasteiger charge is 2.18. The minimum atomic E-state index is 0.583. The molecular formula is C25H18N2O. The fraction of sp³-hybridized carbons (Fsp3) is 0.0800. The van der Waals surface area contributed by atoms with E-state index in [1.807, 2.05) is 29.9 Å². The molecule has 0 saturated carbocycles. The third kappa shape index (κ3) is 2.01. The Labute approximate surface area is 162 Å². The van der Waals surface area contributed by atoms with E-state index in [4.69, 9.17) is 9.82 Å². The summed E-state index contributed by atoms with van der Waals surface area (Å²) in [7, 11) is 0. The molecule has 0 N–H and O–H groups in total. The molecule has 0 saturated heterocycles. The van der Waals surface area contributed by atoms with Gasteiger partial charge < -0.3 is 4.84 Å². The molecule has 0 atom stereocenters. The number of para-hydroxylation sites is 2. The minimum Gasteiger partial charge on any atom is -0.412 e. The summed E-state index contributed by atoms with van der Waals surface area (Å²) in [5.41, 5.74) is 3.03. The number of rotatable bonds is 3. The van der Waals surface area contributed by atoms with Gasteiger partial charge in [-0.2, -0.15) is 4.73 Å². The van der Waals surface area contributed by atoms with Gasteiger partial charge in [0.05, 0.1) is 5.52 Å². The van der Waals surface area contributed by atoms with Crippen LogP contribution in [-0.4, -0.2) is 16.3 Å². The molecule has 3 nitrogen and oxygen atoms in total. The van der Waals surface area contributed by atoms with Gasteiger partial charge in [0, 0.05) is 5.56 Å². The van der Waals surface area contributed by atoms with E-state index in [1.54, 1.807) is 0 Å². The second-order valence-corrected chi connectivity index (χ2v) is 7.11. The Morgan fingerprint density at radius 2 is 1.46 bits per heavy atom. The molecular weight excluding hydrogens is 344 g/mol. The van der Waals surface area contributed by atoms with E-state index in [1.165, 1.54) is 32.3 Å². The van der Waals surface area contributed by atoms with Gasteiger partial charge in [0.25, 0.3) is 0 Å². The standard InChI is InChI=1S/C25H18N2O/c1-2-28-27-22-9-4-3-8-21(22)26-25(27)20-15-13-18-11-10-16-6-5-7-17-12-14-19(20)24(18)23(16)17/h3-15H,2H2,1H3. The van der Waals surface area contributed by atoms with Gasteiger partial charge in [0.1, 0.15) is 12.1 Å². The van der Waals surface area contributed by atoms with Gasteiger partial charge in [-0.05, 0) is 57.4 Å². The van der Waals surface area contributed by atoms with Gasteiger partial charge in [0.15, 0.2) is 5.82 Å². The molecule has 0 aliphatic heterocycles. The monoisotopic (exact) mass is 362 g/mol. The Balaban J connectivity index is 1.76. The maximum Gasteiger partial charge on any atom is 0.177 e. The molecule has 6 aromatic rings. The average molecular weight is 362 g/mol. The van der Waals surface area contributed by atoms with Crippen molar-refractivity contribution in [1.29, 1.82) is 0 Å². The van der Waals surface area contributed by atoms with E-state index in [0.29, 0.717) is 6.61 Å². The number of hydrogen-bond donors (Lipinski definition) is 0. The third-order valence-corrected chi connectivity index (χ3v) is 5.55. The van der Waals surface area contributed by atoms with Crippen LogP contribution in [0.1, 0.15) is 6.92 Å². The molecule has 0 bridgehead atoms. The van der Waals surface area contributed by atoms with Crippen molar-refractivity contribution in [2.75, 3.05) is 6.61 Å². The smallest absolute Gasteiger partial charge is 0.177 e. The van der Waals surface area contributed by atoms with Crippen LogP contribution in [-0.2, 0) is 0 Å². The fourth-order valence-corrected chi connectivity index (χ4v) is 4.36. The van der Waals surface area contributed by atoms with Gasteiger partial charge >= 0.3 is 0 Å². The lowest BCUT2D eigenvalue weighted by Crippen LogP contribution is -2.12. The summed E-state index contributed by atoms with van der Waals surface area (Å²) in [6.07, 6.45) is 0. The maximum atomic E-state index is 5.99. The van der Waals surface area contributed by atoms with E-state index in [9.17, 15) is 0 Å². The predicted molar refractivity (Wildman–Crippen MR) is 116 cm³/mol. The van der Waals surface area contributed by atoms with Crippen molar-refractivity contribution in [1.82, 2.24) is 9.71 Å². The van der Waals surface area contributed by atoms with Crippen LogP contribution in [0.3, 0.4) is 0 Å². The van der Waals surface area contributed by atoms with Crippen molar-refractivity contribution in [2.45, 2.75) is 6.92 Å². The zero-order chi connectivity index (χ0) is 18.7. The number of nitrogens with zero attached hydrogens (tertiary/aromatic N) is 2. The zero-order valence-corrected chi connectivity index (χ0v) is 15.5. The minimum absolute atomic E-state index is 0.583. The van der Waals surface area contributed by atoms with E-state index in [2.05, 4.69) is 60.7 Å². The van der Waals surface area contributed by atoms with Crippen molar-refractivity contribution in [3.05, 3.63) is 78.9 Å². The van der Waals surface area contributed by atoms with Gasteiger partial charge in [-0.3, -0.25) is 0 Å². The highest BCUT2D eigenvalue weighted by molar-refractivity contribution is 6.25. The summed E-state index contributed by atoms with van der Waals surface area (Å²) in [6.45, 7) is 2.59. The Morgan fingerprint density at radius 3 is 2.29 bits per heavy atom. The lowest BCUT2D eigenvalue weighted by atomic mass is 9.92. The van der Waals surface area contributed by atoms with Crippen molar-refractivity contribution in [2.24, 2.45) is 0 Å². The average Bonchev–Trinajstić information content (AvgIpc) is 3.10. The van der Waals surface area contributed by atoms with Crippen LogP contribution in [0.4, 0.5) is 0 Å². The van der Waals surface area contributed by atoms with Crippen LogP contribution >= 0.6 is 0 Å². The van der Waals surface area contributed by atoms with Crippen molar-refractivity contribution in [3.63, 3.8) is 0 Å². The number of fused-ring (bicyclic) bond motifs is 1. The molecule has 134 valence electrons. The Morgan fingerprint density at radius 1 is 0.750 bits per heavy atom. The quantitative estimate of drug-likeness (QED) is 0.358. The summed E-state index contributed by atoms with van der Waals surface area (Å²) in [5, 5.41) is 7.61. The molecule has 1 aromatic heterocycles. The topological polar surface area (TPSA) is 27.1 Å². The van der Waals surface area contributed by atoms with Gasteiger partial charge in [-0.15, -0.1) is 0 Å². The third-order valence-electron chi connectivity index (χ3n) is 5.55. The summed E-state index contributed by atoms with van der Waals surface area (Å²) in [6, 6.07) is 27.8. The van der Waals surface area contributed by atoms with Gasteiger partial charge in [-0.25, -0.2) is 4.98 Å². The Hall–Kier alpha value is -3.59. The van der Waals surface area contributed by atoms with E-state index < -0.39 is 0 Å². The predicted octanol–water partition coefficient (Wildman–Crippen LogP) is 6.05. The molecule has 6 rings (SSSR count). The molecule has 3 heteroatoms. The lowest BCUT2D eigenvalue weighted by Gasteiger charge is -2.15. The van der Waals surface area contributed by atoms with Crippen LogP contribution < -0.4 is 4.84 Å². The first-order valence-corrected chi connectivity index (χ1v) is 9.63. The van der Waals surface area contributed by atoms with Crippen molar-refractivity contribution >= 4 is 43.4 Å². The Bertz CT molecular complexity index is 1460. The molecule has 28 heavy (non-hydrogen) atoms. The Kier molecular flexibility index (Phi) is 3.15. The van der Waals surface area contributed by atoms with Gasteiger partial charge in [0.2, 0.25) is 0 Å². The van der Waals surface area contributed by atoms with Crippen molar-refractivity contribution in [3.8, 4) is 11.4 Å². The van der Waals surface area contributed by atoms with Crippen LogP contribution in [0.25, 0.3) is 54.7 Å². The normalized spacial score (nSPS) is 11.9. The molecule has 0 aliphatic carbocycles. The van der Waals surface area contributed by atoms with E-state index in [0.717, 1.165) is 22.4 Å². The first-order valence-electron chi connectivity index (χ1n) is 9.63. The largest absolute Gasteiger partial charge is 0.412 e. The molecule has 0 aliphatic rings. The number of benzene rings is 5. The molecule has 0 fully saturated rings.